The molecule has 0 radical (unpaired) electrons. The van der Waals surface area contributed by atoms with Crippen molar-refractivity contribution in [3.05, 3.63) is 0 Å². The summed E-state index contributed by atoms with van der Waals surface area (Å²) in [6.45, 7) is 10.2. The maximum atomic E-state index is 6.12. The van der Waals surface area contributed by atoms with E-state index in [9.17, 15) is 0 Å². The Labute approximate surface area is 76.1 Å². The second kappa shape index (κ2) is 3.75. The first-order valence-corrected chi connectivity index (χ1v) is 5.09. The number of nitrogens with two attached hydrogens (primary N) is 1. The Bertz CT molecular complexity index is 145. The molecule has 0 aromatic heterocycles. The largest absolute Gasteiger partial charge is 0.326 e. The van der Waals surface area contributed by atoms with Gasteiger partial charge in [0.2, 0.25) is 0 Å². The number of hydrogen-bond acceptors (Lipinski definition) is 2. The Morgan fingerprint density at radius 2 is 2.08 bits per heavy atom. The van der Waals surface area contributed by atoms with Gasteiger partial charge in [0.05, 0.1) is 0 Å². The highest BCUT2D eigenvalue weighted by Gasteiger charge is 2.36. The Morgan fingerprint density at radius 1 is 1.50 bits per heavy atom. The first-order valence-electron chi connectivity index (χ1n) is 5.09. The van der Waals surface area contributed by atoms with Crippen molar-refractivity contribution in [2.75, 3.05) is 6.54 Å². The molecule has 12 heavy (non-hydrogen) atoms. The number of hydrogen-bond donors (Lipinski definition) is 1. The molecule has 72 valence electrons. The molecule has 3 atom stereocenters. The van der Waals surface area contributed by atoms with Crippen LogP contribution in [0.25, 0.3) is 0 Å². The lowest BCUT2D eigenvalue weighted by molar-refractivity contribution is 0.191. The molecule has 1 saturated heterocycles. The molecule has 0 spiro atoms. The third-order valence-corrected chi connectivity index (χ3v) is 3.11. The van der Waals surface area contributed by atoms with Crippen LogP contribution in [0.1, 0.15) is 34.1 Å². The number of likely N-dealkylation sites (tertiary alicyclic amines) is 1. The summed E-state index contributed by atoms with van der Waals surface area (Å²) in [7, 11) is 0. The summed E-state index contributed by atoms with van der Waals surface area (Å²) in [5.41, 5.74) is 6.12. The van der Waals surface area contributed by atoms with Gasteiger partial charge in [-0.25, -0.2) is 0 Å². The summed E-state index contributed by atoms with van der Waals surface area (Å²) in [5, 5.41) is 0. The second-order valence-electron chi connectivity index (χ2n) is 4.32. The van der Waals surface area contributed by atoms with Gasteiger partial charge in [0, 0.05) is 24.7 Å². The molecule has 0 aromatic carbocycles. The van der Waals surface area contributed by atoms with Crippen molar-refractivity contribution >= 4 is 0 Å². The van der Waals surface area contributed by atoms with Gasteiger partial charge in [0.15, 0.2) is 0 Å². The molecule has 2 heteroatoms. The van der Waals surface area contributed by atoms with Crippen LogP contribution in [0, 0.1) is 5.92 Å². The monoisotopic (exact) mass is 170 g/mol. The standard InChI is InChI=1S/C10H22N2/c1-5-9-10(11)8(4)6-12(9)7(2)3/h7-10H,5-6,11H2,1-4H3. The summed E-state index contributed by atoms with van der Waals surface area (Å²) in [5.74, 6) is 0.664. The van der Waals surface area contributed by atoms with E-state index in [-0.39, 0.29) is 0 Å². The fourth-order valence-corrected chi connectivity index (χ4v) is 2.29. The van der Waals surface area contributed by atoms with Crippen molar-refractivity contribution < 1.29 is 0 Å². The minimum Gasteiger partial charge on any atom is -0.326 e. The molecular formula is C10H22N2. The van der Waals surface area contributed by atoms with E-state index in [1.807, 2.05) is 0 Å². The molecular weight excluding hydrogens is 148 g/mol. The predicted molar refractivity (Wildman–Crippen MR) is 53.1 cm³/mol. The quantitative estimate of drug-likeness (QED) is 0.679. The fourth-order valence-electron chi connectivity index (χ4n) is 2.29. The highest BCUT2D eigenvalue weighted by molar-refractivity contribution is 4.94. The Hall–Kier alpha value is -0.0800. The lowest BCUT2D eigenvalue weighted by atomic mass is 10.00. The van der Waals surface area contributed by atoms with Gasteiger partial charge in [-0.05, 0) is 26.2 Å². The normalized spacial score (nSPS) is 38.0. The van der Waals surface area contributed by atoms with Crippen molar-refractivity contribution in [1.29, 1.82) is 0 Å². The average Bonchev–Trinajstić information content (AvgIpc) is 2.29. The van der Waals surface area contributed by atoms with Gasteiger partial charge >= 0.3 is 0 Å². The minimum atomic E-state index is 0.386. The summed E-state index contributed by atoms with van der Waals surface area (Å²) in [4.78, 5) is 2.54. The molecule has 0 amide bonds. The van der Waals surface area contributed by atoms with Crippen LogP contribution in [0.3, 0.4) is 0 Å². The van der Waals surface area contributed by atoms with Gasteiger partial charge in [-0.2, -0.15) is 0 Å². The molecule has 1 rings (SSSR count). The molecule has 2 nitrogen and oxygen atoms in total. The lowest BCUT2D eigenvalue weighted by Gasteiger charge is -2.28. The van der Waals surface area contributed by atoms with Crippen molar-refractivity contribution in [3.8, 4) is 0 Å². The molecule has 1 fully saturated rings. The molecule has 1 heterocycles. The molecule has 0 aromatic rings. The first-order chi connectivity index (χ1) is 5.57. The topological polar surface area (TPSA) is 29.3 Å². The van der Waals surface area contributed by atoms with Crippen LogP contribution in [0.4, 0.5) is 0 Å². The van der Waals surface area contributed by atoms with Gasteiger partial charge in [-0.15, -0.1) is 0 Å². The second-order valence-corrected chi connectivity index (χ2v) is 4.32. The molecule has 2 N–H and O–H groups in total. The molecule has 0 aliphatic carbocycles. The van der Waals surface area contributed by atoms with Crippen molar-refractivity contribution in [1.82, 2.24) is 4.90 Å². The van der Waals surface area contributed by atoms with E-state index < -0.39 is 0 Å². The molecule has 0 bridgehead atoms. The molecule has 0 saturated carbocycles. The predicted octanol–water partition coefficient (Wildman–Crippen LogP) is 1.45. The van der Waals surface area contributed by atoms with Crippen LogP contribution in [-0.2, 0) is 0 Å². The van der Waals surface area contributed by atoms with Crippen LogP contribution in [0.2, 0.25) is 0 Å². The smallest absolute Gasteiger partial charge is 0.0250 e. The molecule has 3 unspecified atom stereocenters. The van der Waals surface area contributed by atoms with Crippen LogP contribution in [0.5, 0.6) is 0 Å². The average molecular weight is 170 g/mol. The maximum absolute atomic E-state index is 6.12. The number of rotatable bonds is 2. The highest BCUT2D eigenvalue weighted by Crippen LogP contribution is 2.25. The zero-order chi connectivity index (χ0) is 9.30. The van der Waals surface area contributed by atoms with E-state index in [1.165, 1.54) is 13.0 Å². The van der Waals surface area contributed by atoms with Gasteiger partial charge in [-0.1, -0.05) is 13.8 Å². The van der Waals surface area contributed by atoms with Gasteiger partial charge < -0.3 is 5.73 Å². The summed E-state index contributed by atoms with van der Waals surface area (Å²) in [6.07, 6.45) is 1.18. The van der Waals surface area contributed by atoms with Crippen LogP contribution in [0.15, 0.2) is 0 Å². The van der Waals surface area contributed by atoms with Gasteiger partial charge in [0.1, 0.15) is 0 Å². The Balaban J connectivity index is 2.65. The zero-order valence-corrected chi connectivity index (χ0v) is 8.75. The van der Waals surface area contributed by atoms with Gasteiger partial charge in [0.25, 0.3) is 0 Å². The van der Waals surface area contributed by atoms with Crippen LogP contribution in [-0.4, -0.2) is 29.6 Å². The molecule has 1 aliphatic rings. The van der Waals surface area contributed by atoms with E-state index in [0.29, 0.717) is 24.0 Å². The van der Waals surface area contributed by atoms with E-state index >= 15 is 0 Å². The van der Waals surface area contributed by atoms with Crippen LogP contribution < -0.4 is 5.73 Å². The maximum Gasteiger partial charge on any atom is 0.0250 e. The van der Waals surface area contributed by atoms with Crippen molar-refractivity contribution in [2.24, 2.45) is 11.7 Å². The lowest BCUT2D eigenvalue weighted by Crippen LogP contribution is -2.42. The SMILES string of the molecule is CCC1C(N)C(C)CN1C(C)C. The Morgan fingerprint density at radius 3 is 2.42 bits per heavy atom. The Kier molecular flexibility index (Phi) is 3.13. The van der Waals surface area contributed by atoms with Crippen molar-refractivity contribution in [3.63, 3.8) is 0 Å². The summed E-state index contributed by atoms with van der Waals surface area (Å²) >= 11 is 0. The number of nitrogens with zero attached hydrogens (tertiary/aromatic N) is 1. The van der Waals surface area contributed by atoms with Crippen molar-refractivity contribution in [2.45, 2.75) is 52.2 Å². The third kappa shape index (κ3) is 1.64. The van der Waals surface area contributed by atoms with Crippen LogP contribution >= 0.6 is 0 Å². The summed E-state index contributed by atoms with van der Waals surface area (Å²) in [6, 6.07) is 1.64. The fraction of sp³-hybridized carbons (Fsp3) is 1.00. The van der Waals surface area contributed by atoms with E-state index in [2.05, 4.69) is 32.6 Å². The molecule has 1 aliphatic heterocycles. The third-order valence-electron chi connectivity index (χ3n) is 3.11. The van der Waals surface area contributed by atoms with E-state index in [0.717, 1.165) is 0 Å². The van der Waals surface area contributed by atoms with E-state index in [1.54, 1.807) is 0 Å². The van der Waals surface area contributed by atoms with E-state index in [4.69, 9.17) is 5.73 Å². The first kappa shape index (κ1) is 10.0. The summed E-state index contributed by atoms with van der Waals surface area (Å²) < 4.78 is 0. The zero-order valence-electron chi connectivity index (χ0n) is 8.75. The highest BCUT2D eigenvalue weighted by atomic mass is 15.2. The van der Waals surface area contributed by atoms with Gasteiger partial charge in [-0.3, -0.25) is 4.90 Å². The minimum absolute atomic E-state index is 0.386.